The van der Waals surface area contributed by atoms with Gasteiger partial charge in [-0.25, -0.2) is 0 Å². The molecule has 0 aliphatic rings. The molecule has 4 rings (SSSR count). The molecule has 2 unspecified atom stereocenters. The summed E-state index contributed by atoms with van der Waals surface area (Å²) in [5.74, 6) is 1.27. The van der Waals surface area contributed by atoms with Crippen LogP contribution in [0.4, 0.5) is 0 Å². The number of ether oxygens (including phenoxy) is 1. The first kappa shape index (κ1) is 21.0. The van der Waals surface area contributed by atoms with Crippen LogP contribution in [0.15, 0.2) is 72.1 Å². The van der Waals surface area contributed by atoms with Crippen LogP contribution in [0.25, 0.3) is 10.7 Å². The molecule has 31 heavy (non-hydrogen) atoms. The number of carbonyl (C=O) groups is 1. The summed E-state index contributed by atoms with van der Waals surface area (Å²) in [6, 6.07) is 20.6. The second-order valence-corrected chi connectivity index (χ2v) is 8.34. The van der Waals surface area contributed by atoms with Gasteiger partial charge in [0.05, 0.1) is 18.0 Å². The lowest BCUT2D eigenvalue weighted by Crippen LogP contribution is -2.35. The summed E-state index contributed by atoms with van der Waals surface area (Å²) in [5.41, 5.74) is 1.95. The average molecular weight is 451 g/mol. The molecule has 0 saturated carbocycles. The maximum atomic E-state index is 13.4. The summed E-state index contributed by atoms with van der Waals surface area (Å²) in [5, 5.41) is 12.3. The Balaban J connectivity index is 1.65. The van der Waals surface area contributed by atoms with E-state index in [-0.39, 0.29) is 11.9 Å². The Morgan fingerprint density at radius 1 is 1.10 bits per heavy atom. The number of methoxy groups -OCH3 is 1. The summed E-state index contributed by atoms with van der Waals surface area (Å²) in [6.45, 7) is 1.83. The van der Waals surface area contributed by atoms with Crippen LogP contribution >= 0.6 is 23.6 Å². The van der Waals surface area contributed by atoms with Crippen molar-refractivity contribution in [3.05, 3.63) is 88.0 Å². The molecule has 0 radical (unpaired) electrons. The van der Waals surface area contributed by atoms with Crippen LogP contribution in [0, 0.1) is 4.77 Å². The van der Waals surface area contributed by atoms with Crippen LogP contribution in [0.3, 0.4) is 0 Å². The molecule has 0 fully saturated rings. The Kier molecular flexibility index (Phi) is 6.29. The van der Waals surface area contributed by atoms with Crippen LogP contribution < -0.4 is 10.1 Å². The quantitative estimate of drug-likeness (QED) is 0.382. The van der Waals surface area contributed by atoms with Crippen LogP contribution in [-0.4, -0.2) is 27.8 Å². The maximum Gasteiger partial charge on any atom is 0.243 e. The maximum absolute atomic E-state index is 13.4. The molecule has 0 bridgehead atoms. The predicted molar refractivity (Wildman–Crippen MR) is 125 cm³/mol. The highest BCUT2D eigenvalue weighted by Gasteiger charge is 2.25. The first-order valence-electron chi connectivity index (χ1n) is 9.78. The number of carbonyl (C=O) groups excluding carboxylic acids is 1. The average Bonchev–Trinajstić information content (AvgIpc) is 3.47. The number of benzene rings is 2. The number of thiophene rings is 1. The molecule has 0 aliphatic carbocycles. The smallest absolute Gasteiger partial charge is 0.243 e. The number of nitrogens with zero attached hydrogens (tertiary/aromatic N) is 2. The van der Waals surface area contributed by atoms with Gasteiger partial charge >= 0.3 is 0 Å². The van der Waals surface area contributed by atoms with Crippen molar-refractivity contribution in [1.29, 1.82) is 0 Å². The van der Waals surface area contributed by atoms with Gasteiger partial charge in [-0.3, -0.25) is 14.5 Å². The number of nitrogens with one attached hydrogen (secondary N) is 2. The van der Waals surface area contributed by atoms with Crippen molar-refractivity contribution >= 4 is 29.5 Å². The van der Waals surface area contributed by atoms with Gasteiger partial charge in [-0.2, -0.15) is 5.10 Å². The van der Waals surface area contributed by atoms with Gasteiger partial charge in [0.1, 0.15) is 11.8 Å². The van der Waals surface area contributed by atoms with Gasteiger partial charge in [-0.15, -0.1) is 11.3 Å². The summed E-state index contributed by atoms with van der Waals surface area (Å²) in [4.78, 5) is 14.3. The Labute approximate surface area is 189 Å². The minimum Gasteiger partial charge on any atom is -0.497 e. The minimum absolute atomic E-state index is 0.153. The predicted octanol–water partition coefficient (Wildman–Crippen LogP) is 5.14. The van der Waals surface area contributed by atoms with Crippen LogP contribution in [-0.2, 0) is 4.79 Å². The Morgan fingerprint density at radius 3 is 2.45 bits per heavy atom. The SMILES string of the molecule is COc1ccc(C(NC(=O)C(C)n2c(-c3cccs3)n[nH]c2=S)c2ccccc2)cc1. The third-order valence-corrected chi connectivity index (χ3v) is 6.24. The molecule has 158 valence electrons. The highest BCUT2D eigenvalue weighted by molar-refractivity contribution is 7.71. The minimum atomic E-state index is -0.548. The largest absolute Gasteiger partial charge is 0.497 e. The van der Waals surface area contributed by atoms with Crippen LogP contribution in [0.2, 0.25) is 0 Å². The molecular formula is C23H22N4O2S2. The van der Waals surface area contributed by atoms with E-state index in [2.05, 4.69) is 15.5 Å². The van der Waals surface area contributed by atoms with Gasteiger partial charge < -0.3 is 10.1 Å². The van der Waals surface area contributed by atoms with Gasteiger partial charge in [0.15, 0.2) is 10.6 Å². The molecule has 8 heteroatoms. The summed E-state index contributed by atoms with van der Waals surface area (Å²) < 4.78 is 7.44. The Bertz CT molecular complexity index is 1200. The topological polar surface area (TPSA) is 71.9 Å². The molecule has 0 saturated heterocycles. The molecule has 0 spiro atoms. The normalized spacial score (nSPS) is 12.8. The monoisotopic (exact) mass is 450 g/mol. The Morgan fingerprint density at radius 2 is 1.81 bits per heavy atom. The first-order valence-corrected chi connectivity index (χ1v) is 11.1. The van der Waals surface area contributed by atoms with Gasteiger partial charge in [0.2, 0.25) is 5.91 Å². The molecule has 2 heterocycles. The zero-order chi connectivity index (χ0) is 21.8. The number of aromatic nitrogens is 3. The lowest BCUT2D eigenvalue weighted by molar-refractivity contribution is -0.124. The van der Waals surface area contributed by atoms with Gasteiger partial charge in [-0.1, -0.05) is 48.5 Å². The summed E-state index contributed by atoms with van der Waals surface area (Å²) >= 11 is 6.98. The lowest BCUT2D eigenvalue weighted by atomic mass is 9.98. The molecule has 4 aromatic rings. The number of amides is 1. The van der Waals surface area contributed by atoms with E-state index in [1.165, 1.54) is 0 Å². The molecular weight excluding hydrogens is 428 g/mol. The molecule has 2 aromatic heterocycles. The molecule has 2 atom stereocenters. The zero-order valence-electron chi connectivity index (χ0n) is 17.1. The number of rotatable bonds is 7. The number of hydrogen-bond donors (Lipinski definition) is 2. The fraction of sp³-hybridized carbons (Fsp3) is 0.174. The highest BCUT2D eigenvalue weighted by Crippen LogP contribution is 2.28. The van der Waals surface area contributed by atoms with Crippen LogP contribution in [0.5, 0.6) is 5.75 Å². The van der Waals surface area contributed by atoms with E-state index in [9.17, 15) is 4.79 Å². The highest BCUT2D eigenvalue weighted by atomic mass is 32.1. The van der Waals surface area contributed by atoms with Crippen molar-refractivity contribution in [3.8, 4) is 16.5 Å². The number of aromatic amines is 1. The van der Waals surface area contributed by atoms with E-state index in [0.29, 0.717) is 10.6 Å². The van der Waals surface area contributed by atoms with E-state index < -0.39 is 6.04 Å². The second-order valence-electron chi connectivity index (χ2n) is 7.00. The van der Waals surface area contributed by atoms with Gasteiger partial charge in [0, 0.05) is 0 Å². The van der Waals surface area contributed by atoms with E-state index in [4.69, 9.17) is 17.0 Å². The lowest BCUT2D eigenvalue weighted by Gasteiger charge is -2.23. The van der Waals surface area contributed by atoms with Crippen molar-refractivity contribution in [2.24, 2.45) is 0 Å². The summed E-state index contributed by atoms with van der Waals surface area (Å²) in [6.07, 6.45) is 0. The molecule has 2 aromatic carbocycles. The first-order chi connectivity index (χ1) is 15.1. The second kappa shape index (κ2) is 9.28. The number of H-pyrrole nitrogens is 1. The summed E-state index contributed by atoms with van der Waals surface area (Å²) in [7, 11) is 1.63. The molecule has 1 amide bonds. The van der Waals surface area contributed by atoms with Gasteiger partial charge in [-0.05, 0) is 53.8 Å². The molecule has 6 nitrogen and oxygen atoms in total. The van der Waals surface area contributed by atoms with E-state index >= 15 is 0 Å². The van der Waals surface area contributed by atoms with Crippen molar-refractivity contribution in [2.75, 3.05) is 7.11 Å². The third-order valence-electron chi connectivity index (χ3n) is 5.08. The van der Waals surface area contributed by atoms with E-state index in [1.807, 2.05) is 79.0 Å². The van der Waals surface area contributed by atoms with Crippen molar-refractivity contribution < 1.29 is 9.53 Å². The van der Waals surface area contributed by atoms with Crippen molar-refractivity contribution in [3.63, 3.8) is 0 Å². The standard InChI is InChI=1S/C23H22N4O2S2/c1-15(27-21(25-26-23(27)30)19-9-6-14-31-19)22(28)24-20(16-7-4-3-5-8-16)17-10-12-18(29-2)13-11-17/h3-15,20H,1-2H3,(H,24,28)(H,26,30). The van der Waals surface area contributed by atoms with Crippen molar-refractivity contribution in [1.82, 2.24) is 20.1 Å². The zero-order valence-corrected chi connectivity index (χ0v) is 18.7. The third kappa shape index (κ3) is 4.45. The van der Waals surface area contributed by atoms with E-state index in [0.717, 1.165) is 21.8 Å². The number of hydrogen-bond acceptors (Lipinski definition) is 5. The molecule has 0 aliphatic heterocycles. The molecule has 2 N–H and O–H groups in total. The van der Waals surface area contributed by atoms with Crippen LogP contribution in [0.1, 0.15) is 30.1 Å². The van der Waals surface area contributed by atoms with E-state index in [1.54, 1.807) is 23.0 Å². The van der Waals surface area contributed by atoms with Gasteiger partial charge in [0.25, 0.3) is 0 Å². The van der Waals surface area contributed by atoms with Crippen molar-refractivity contribution in [2.45, 2.75) is 19.0 Å². The fourth-order valence-corrected chi connectivity index (χ4v) is 4.43. The Hall–Kier alpha value is -3.23. The fourth-order valence-electron chi connectivity index (χ4n) is 3.42.